The third kappa shape index (κ3) is 1.13. The summed E-state index contributed by atoms with van der Waals surface area (Å²) in [5.74, 6) is 2.19. The van der Waals surface area contributed by atoms with Gasteiger partial charge in [0.1, 0.15) is 0 Å². The largest absolute Gasteiger partial charge is 0.392 e. The first-order valence-electron chi connectivity index (χ1n) is 6.44. The Morgan fingerprint density at radius 2 is 1.87 bits per heavy atom. The van der Waals surface area contributed by atoms with Crippen molar-refractivity contribution < 1.29 is 10.2 Å². The molecule has 6 atom stereocenters. The van der Waals surface area contributed by atoms with E-state index < -0.39 is 5.60 Å². The number of aliphatic hydroxyl groups is 2. The molecule has 0 spiro atoms. The van der Waals surface area contributed by atoms with E-state index in [1.807, 2.05) is 0 Å². The molecule has 0 amide bonds. The summed E-state index contributed by atoms with van der Waals surface area (Å²) in [6.45, 7) is 4.21. The first-order chi connectivity index (χ1) is 7.03. The summed E-state index contributed by atoms with van der Waals surface area (Å²) in [5.41, 5.74) is -0.577. The van der Waals surface area contributed by atoms with Crippen LogP contribution in [-0.2, 0) is 0 Å². The number of hydrogen-bond acceptors (Lipinski definition) is 2. The van der Waals surface area contributed by atoms with Crippen LogP contribution in [0, 0.1) is 29.6 Å². The van der Waals surface area contributed by atoms with Crippen LogP contribution in [0.3, 0.4) is 0 Å². The van der Waals surface area contributed by atoms with Gasteiger partial charge in [0, 0.05) is 5.92 Å². The SMILES string of the molecule is CC(C)C1(O)C2CC3CC(C2)C(O)C1C3. The molecule has 0 saturated heterocycles. The van der Waals surface area contributed by atoms with Gasteiger partial charge in [0.2, 0.25) is 0 Å². The third-order valence-corrected chi connectivity index (χ3v) is 5.50. The highest BCUT2D eigenvalue weighted by Gasteiger charge is 2.61. The van der Waals surface area contributed by atoms with Crippen LogP contribution in [0.15, 0.2) is 0 Å². The number of aliphatic hydroxyl groups excluding tert-OH is 1. The van der Waals surface area contributed by atoms with Gasteiger partial charge in [-0.15, -0.1) is 0 Å². The molecule has 2 nitrogen and oxygen atoms in total. The van der Waals surface area contributed by atoms with Crippen LogP contribution < -0.4 is 0 Å². The van der Waals surface area contributed by atoms with E-state index in [1.54, 1.807) is 0 Å². The molecule has 4 fully saturated rings. The van der Waals surface area contributed by atoms with Gasteiger partial charge in [-0.05, 0) is 49.4 Å². The molecule has 6 unspecified atom stereocenters. The summed E-state index contributed by atoms with van der Waals surface area (Å²) in [6, 6.07) is 0. The van der Waals surface area contributed by atoms with E-state index in [1.165, 1.54) is 12.8 Å². The molecule has 0 aromatic heterocycles. The molecular weight excluding hydrogens is 188 g/mol. The van der Waals surface area contributed by atoms with Crippen LogP contribution in [-0.4, -0.2) is 21.9 Å². The first-order valence-corrected chi connectivity index (χ1v) is 6.44. The van der Waals surface area contributed by atoms with Crippen molar-refractivity contribution in [3.05, 3.63) is 0 Å². The summed E-state index contributed by atoms with van der Waals surface area (Å²) >= 11 is 0. The Labute approximate surface area is 91.7 Å². The van der Waals surface area contributed by atoms with Gasteiger partial charge in [-0.3, -0.25) is 0 Å². The van der Waals surface area contributed by atoms with E-state index in [0.717, 1.165) is 18.8 Å². The van der Waals surface area contributed by atoms with Gasteiger partial charge < -0.3 is 10.2 Å². The molecular formula is C13H22O2. The minimum atomic E-state index is -0.577. The molecule has 0 heterocycles. The average Bonchev–Trinajstić information content (AvgIpc) is 2.20. The van der Waals surface area contributed by atoms with Gasteiger partial charge in [0.15, 0.2) is 0 Å². The normalized spacial score (nSPS) is 57.8. The van der Waals surface area contributed by atoms with Gasteiger partial charge in [0.25, 0.3) is 0 Å². The lowest BCUT2D eigenvalue weighted by atomic mass is 9.46. The number of rotatable bonds is 1. The predicted octanol–water partition coefficient (Wildman–Crippen LogP) is 1.80. The second-order valence-electron chi connectivity index (χ2n) is 6.40. The van der Waals surface area contributed by atoms with E-state index in [2.05, 4.69) is 13.8 Å². The van der Waals surface area contributed by atoms with Crippen molar-refractivity contribution in [2.45, 2.75) is 51.2 Å². The summed E-state index contributed by atoms with van der Waals surface area (Å²) in [7, 11) is 0. The third-order valence-electron chi connectivity index (χ3n) is 5.50. The molecule has 4 bridgehead atoms. The number of hydrogen-bond donors (Lipinski definition) is 2. The van der Waals surface area contributed by atoms with Crippen molar-refractivity contribution in [1.29, 1.82) is 0 Å². The Bertz CT molecular complexity index is 276. The maximum absolute atomic E-state index is 10.9. The zero-order valence-corrected chi connectivity index (χ0v) is 9.69. The van der Waals surface area contributed by atoms with Crippen molar-refractivity contribution in [2.24, 2.45) is 29.6 Å². The minimum absolute atomic E-state index is 0.161. The van der Waals surface area contributed by atoms with Crippen molar-refractivity contribution in [1.82, 2.24) is 0 Å². The standard InChI is InChI=1S/C13H22O2/c1-7(2)13(15)10-4-8-3-9(6-10)12(14)11(13)5-8/h7-12,14-15H,3-6H2,1-2H3. The Hall–Kier alpha value is -0.0800. The summed E-state index contributed by atoms with van der Waals surface area (Å²) in [4.78, 5) is 0. The van der Waals surface area contributed by atoms with E-state index in [0.29, 0.717) is 11.8 Å². The maximum atomic E-state index is 10.9. The molecule has 0 aliphatic heterocycles. The molecule has 2 heteroatoms. The van der Waals surface area contributed by atoms with Crippen molar-refractivity contribution in [3.63, 3.8) is 0 Å². The van der Waals surface area contributed by atoms with Crippen LogP contribution in [0.2, 0.25) is 0 Å². The van der Waals surface area contributed by atoms with E-state index in [9.17, 15) is 10.2 Å². The molecule has 4 aliphatic rings. The van der Waals surface area contributed by atoms with Crippen molar-refractivity contribution in [3.8, 4) is 0 Å². The Kier molecular flexibility index (Phi) is 2.01. The fourth-order valence-corrected chi connectivity index (χ4v) is 4.83. The molecule has 2 N–H and O–H groups in total. The van der Waals surface area contributed by atoms with Crippen LogP contribution in [0.25, 0.3) is 0 Å². The van der Waals surface area contributed by atoms with Gasteiger partial charge in [-0.2, -0.15) is 0 Å². The lowest BCUT2D eigenvalue weighted by Crippen LogP contribution is -2.65. The second-order valence-corrected chi connectivity index (χ2v) is 6.40. The topological polar surface area (TPSA) is 40.5 Å². The van der Waals surface area contributed by atoms with Crippen LogP contribution in [0.1, 0.15) is 39.5 Å². The molecule has 0 aromatic carbocycles. The van der Waals surface area contributed by atoms with E-state index in [-0.39, 0.29) is 17.9 Å². The molecule has 86 valence electrons. The summed E-state index contributed by atoms with van der Waals surface area (Å²) in [6.07, 6.45) is 4.30. The maximum Gasteiger partial charge on any atom is 0.0751 e. The Morgan fingerprint density at radius 3 is 2.53 bits per heavy atom. The molecule has 0 aromatic rings. The van der Waals surface area contributed by atoms with Crippen LogP contribution in [0.5, 0.6) is 0 Å². The second kappa shape index (κ2) is 2.98. The fraction of sp³-hybridized carbons (Fsp3) is 1.00. The van der Waals surface area contributed by atoms with Gasteiger partial charge >= 0.3 is 0 Å². The quantitative estimate of drug-likeness (QED) is 0.693. The minimum Gasteiger partial charge on any atom is -0.392 e. The lowest BCUT2D eigenvalue weighted by molar-refractivity contribution is -0.238. The van der Waals surface area contributed by atoms with Gasteiger partial charge in [-0.1, -0.05) is 13.8 Å². The highest BCUT2D eigenvalue weighted by atomic mass is 16.3. The molecule has 0 radical (unpaired) electrons. The molecule has 4 aliphatic carbocycles. The van der Waals surface area contributed by atoms with Crippen molar-refractivity contribution in [2.75, 3.05) is 0 Å². The smallest absolute Gasteiger partial charge is 0.0751 e. The van der Waals surface area contributed by atoms with E-state index in [4.69, 9.17) is 0 Å². The zero-order valence-electron chi connectivity index (χ0n) is 9.69. The lowest BCUT2D eigenvalue weighted by Gasteiger charge is -2.62. The fourth-order valence-electron chi connectivity index (χ4n) is 4.83. The van der Waals surface area contributed by atoms with E-state index >= 15 is 0 Å². The van der Waals surface area contributed by atoms with Crippen molar-refractivity contribution >= 4 is 0 Å². The highest BCUT2D eigenvalue weighted by molar-refractivity contribution is 5.11. The molecule has 4 rings (SSSR count). The van der Waals surface area contributed by atoms with Crippen LogP contribution >= 0.6 is 0 Å². The monoisotopic (exact) mass is 210 g/mol. The highest BCUT2D eigenvalue weighted by Crippen LogP contribution is 2.60. The zero-order chi connectivity index (χ0) is 10.8. The van der Waals surface area contributed by atoms with Gasteiger partial charge in [0.05, 0.1) is 11.7 Å². The first kappa shape index (κ1) is 10.1. The predicted molar refractivity (Wildman–Crippen MR) is 58.2 cm³/mol. The Balaban J connectivity index is 1.98. The molecule has 4 saturated carbocycles. The molecule has 15 heavy (non-hydrogen) atoms. The van der Waals surface area contributed by atoms with Crippen LogP contribution in [0.4, 0.5) is 0 Å². The van der Waals surface area contributed by atoms with Gasteiger partial charge in [-0.25, -0.2) is 0 Å². The Morgan fingerprint density at radius 1 is 1.13 bits per heavy atom. The average molecular weight is 210 g/mol. The summed E-state index contributed by atoms with van der Waals surface area (Å²) in [5, 5.41) is 21.1. The summed E-state index contributed by atoms with van der Waals surface area (Å²) < 4.78 is 0.